The van der Waals surface area contributed by atoms with Gasteiger partial charge in [-0.15, -0.1) is 0 Å². The van der Waals surface area contributed by atoms with E-state index in [1.807, 2.05) is 6.08 Å². The highest BCUT2D eigenvalue weighted by Gasteiger charge is 2.23. The fourth-order valence-electron chi connectivity index (χ4n) is 2.00. The van der Waals surface area contributed by atoms with Gasteiger partial charge in [0.1, 0.15) is 5.76 Å². The lowest BCUT2D eigenvalue weighted by atomic mass is 10.0. The lowest BCUT2D eigenvalue weighted by Gasteiger charge is -2.21. The maximum atomic E-state index is 11.7. The van der Waals surface area contributed by atoms with Crippen LogP contribution in [0.4, 0.5) is 0 Å². The Morgan fingerprint density at radius 3 is 3.07 bits per heavy atom. The van der Waals surface area contributed by atoms with Crippen LogP contribution in [0.3, 0.4) is 0 Å². The Balaban J connectivity index is 1.81. The van der Waals surface area contributed by atoms with Gasteiger partial charge in [-0.1, -0.05) is 0 Å². The van der Waals surface area contributed by atoms with Crippen molar-refractivity contribution in [1.82, 2.24) is 5.32 Å². The molecular weight excluding hydrogens is 178 g/mol. The van der Waals surface area contributed by atoms with Gasteiger partial charge in [-0.2, -0.15) is 0 Å². The van der Waals surface area contributed by atoms with E-state index in [1.165, 1.54) is 0 Å². The zero-order valence-electron chi connectivity index (χ0n) is 8.42. The Labute approximate surface area is 84.5 Å². The summed E-state index contributed by atoms with van der Waals surface area (Å²) in [5.41, 5.74) is 0. The van der Waals surface area contributed by atoms with E-state index in [0.29, 0.717) is 0 Å². The number of hydrogen-bond donors (Lipinski definition) is 1. The number of carbonyl (C=O) groups excluding carboxylic acids is 1. The van der Waals surface area contributed by atoms with Gasteiger partial charge in [-0.25, -0.2) is 0 Å². The lowest BCUT2D eigenvalue weighted by Crippen LogP contribution is -2.35. The molecule has 2 rings (SSSR count). The molecule has 3 nitrogen and oxygen atoms in total. The second-order valence-electron chi connectivity index (χ2n) is 4.03. The second kappa shape index (κ2) is 4.60. The molecule has 1 N–H and O–H groups in total. The number of carbonyl (C=O) groups is 1. The first-order valence-corrected chi connectivity index (χ1v) is 5.48. The van der Waals surface area contributed by atoms with Crippen molar-refractivity contribution in [3.8, 4) is 0 Å². The van der Waals surface area contributed by atoms with E-state index >= 15 is 0 Å². The first kappa shape index (κ1) is 9.71. The third-order valence-corrected chi connectivity index (χ3v) is 2.86. The van der Waals surface area contributed by atoms with Crippen LogP contribution in [0.15, 0.2) is 11.8 Å². The molecule has 1 saturated heterocycles. The van der Waals surface area contributed by atoms with Gasteiger partial charge in [0.25, 0.3) is 0 Å². The van der Waals surface area contributed by atoms with Crippen molar-refractivity contribution >= 4 is 5.97 Å². The maximum Gasteiger partial charge on any atom is 0.315 e. The molecule has 0 spiro atoms. The van der Waals surface area contributed by atoms with Crippen LogP contribution in [-0.2, 0) is 9.53 Å². The first-order valence-electron chi connectivity index (χ1n) is 5.48. The second-order valence-corrected chi connectivity index (χ2v) is 4.03. The topological polar surface area (TPSA) is 38.3 Å². The van der Waals surface area contributed by atoms with Crippen LogP contribution in [-0.4, -0.2) is 19.1 Å². The molecule has 0 aromatic rings. The van der Waals surface area contributed by atoms with E-state index in [9.17, 15) is 4.79 Å². The van der Waals surface area contributed by atoms with Crippen LogP contribution >= 0.6 is 0 Å². The predicted molar refractivity (Wildman–Crippen MR) is 53.6 cm³/mol. The largest absolute Gasteiger partial charge is 0.431 e. The van der Waals surface area contributed by atoms with Crippen molar-refractivity contribution in [1.29, 1.82) is 0 Å². The van der Waals surface area contributed by atoms with E-state index in [1.54, 1.807) is 0 Å². The average molecular weight is 195 g/mol. The van der Waals surface area contributed by atoms with Crippen LogP contribution in [0, 0.1) is 5.92 Å². The molecule has 1 unspecified atom stereocenters. The van der Waals surface area contributed by atoms with Gasteiger partial charge in [0.2, 0.25) is 0 Å². The van der Waals surface area contributed by atoms with Gasteiger partial charge in [0.15, 0.2) is 0 Å². The molecule has 0 aromatic carbocycles. The minimum Gasteiger partial charge on any atom is -0.431 e. The summed E-state index contributed by atoms with van der Waals surface area (Å²) < 4.78 is 5.33. The van der Waals surface area contributed by atoms with Crippen molar-refractivity contribution in [2.45, 2.75) is 32.1 Å². The summed E-state index contributed by atoms with van der Waals surface area (Å²) in [6, 6.07) is 0. The maximum absolute atomic E-state index is 11.7. The van der Waals surface area contributed by atoms with Crippen molar-refractivity contribution in [2.24, 2.45) is 5.92 Å². The summed E-state index contributed by atoms with van der Waals surface area (Å²) in [5, 5.41) is 3.22. The van der Waals surface area contributed by atoms with Gasteiger partial charge >= 0.3 is 5.97 Å². The molecule has 1 heterocycles. The number of rotatable bonds is 2. The van der Waals surface area contributed by atoms with E-state index in [4.69, 9.17) is 4.74 Å². The number of nitrogens with one attached hydrogen (secondary N) is 1. The molecule has 0 saturated carbocycles. The van der Waals surface area contributed by atoms with Gasteiger partial charge in [0.05, 0.1) is 5.92 Å². The van der Waals surface area contributed by atoms with Gasteiger partial charge in [-0.3, -0.25) is 4.79 Å². The van der Waals surface area contributed by atoms with E-state index < -0.39 is 0 Å². The molecule has 14 heavy (non-hydrogen) atoms. The number of piperidine rings is 1. The smallest absolute Gasteiger partial charge is 0.315 e. The zero-order chi connectivity index (χ0) is 9.80. The van der Waals surface area contributed by atoms with Crippen LogP contribution in [0.5, 0.6) is 0 Å². The quantitative estimate of drug-likeness (QED) is 0.680. The molecule has 1 aliphatic heterocycles. The number of hydrogen-bond acceptors (Lipinski definition) is 3. The molecule has 0 amide bonds. The normalized spacial score (nSPS) is 27.1. The molecule has 1 fully saturated rings. The van der Waals surface area contributed by atoms with E-state index in [0.717, 1.165) is 51.0 Å². The molecular formula is C11H17NO2. The third-order valence-electron chi connectivity index (χ3n) is 2.86. The SMILES string of the molecule is O=C(OC1=CCCC1)C1CCCNC1. The summed E-state index contributed by atoms with van der Waals surface area (Å²) in [5.74, 6) is 0.927. The molecule has 3 heteroatoms. The number of ether oxygens (including phenoxy) is 1. The van der Waals surface area contributed by atoms with Gasteiger partial charge < -0.3 is 10.1 Å². The summed E-state index contributed by atoms with van der Waals surface area (Å²) in [6.45, 7) is 1.82. The monoisotopic (exact) mass is 195 g/mol. The van der Waals surface area contributed by atoms with Crippen LogP contribution < -0.4 is 5.32 Å². The highest BCUT2D eigenvalue weighted by molar-refractivity contribution is 5.74. The Bertz CT molecular complexity index is 242. The van der Waals surface area contributed by atoms with E-state index in [2.05, 4.69) is 5.32 Å². The number of allylic oxidation sites excluding steroid dienone is 2. The molecule has 1 atom stereocenters. The minimum absolute atomic E-state index is 0.0367. The summed E-state index contributed by atoms with van der Waals surface area (Å²) in [6.07, 6.45) is 7.22. The molecule has 0 aromatic heterocycles. The Hall–Kier alpha value is -0.830. The molecule has 78 valence electrons. The van der Waals surface area contributed by atoms with Crippen molar-refractivity contribution in [3.05, 3.63) is 11.8 Å². The van der Waals surface area contributed by atoms with E-state index in [-0.39, 0.29) is 11.9 Å². The fraction of sp³-hybridized carbons (Fsp3) is 0.727. The van der Waals surface area contributed by atoms with Crippen molar-refractivity contribution in [2.75, 3.05) is 13.1 Å². The Morgan fingerprint density at radius 1 is 1.50 bits per heavy atom. The Kier molecular flexibility index (Phi) is 3.19. The van der Waals surface area contributed by atoms with Gasteiger partial charge in [0, 0.05) is 13.0 Å². The van der Waals surface area contributed by atoms with Crippen LogP contribution in [0.25, 0.3) is 0 Å². The van der Waals surface area contributed by atoms with Gasteiger partial charge in [-0.05, 0) is 38.3 Å². The molecule has 2 aliphatic rings. The lowest BCUT2D eigenvalue weighted by molar-refractivity contribution is -0.144. The standard InChI is InChI=1S/C11H17NO2/c13-11(9-4-3-7-12-8-9)14-10-5-1-2-6-10/h5,9,12H,1-4,6-8H2. The first-order chi connectivity index (χ1) is 6.86. The van der Waals surface area contributed by atoms with Crippen LogP contribution in [0.1, 0.15) is 32.1 Å². The highest BCUT2D eigenvalue weighted by atomic mass is 16.5. The highest BCUT2D eigenvalue weighted by Crippen LogP contribution is 2.21. The molecule has 0 radical (unpaired) electrons. The van der Waals surface area contributed by atoms with Crippen molar-refractivity contribution in [3.63, 3.8) is 0 Å². The summed E-state index contributed by atoms with van der Waals surface area (Å²) in [4.78, 5) is 11.7. The fourth-order valence-corrected chi connectivity index (χ4v) is 2.00. The summed E-state index contributed by atoms with van der Waals surface area (Å²) in [7, 11) is 0. The Morgan fingerprint density at radius 2 is 2.43 bits per heavy atom. The molecule has 0 bridgehead atoms. The minimum atomic E-state index is -0.0367. The molecule has 1 aliphatic carbocycles. The average Bonchev–Trinajstić information content (AvgIpc) is 2.72. The predicted octanol–water partition coefficient (Wildman–Crippen LogP) is 1.60. The van der Waals surface area contributed by atoms with Crippen LogP contribution in [0.2, 0.25) is 0 Å². The third kappa shape index (κ3) is 2.35. The van der Waals surface area contributed by atoms with Crippen molar-refractivity contribution < 1.29 is 9.53 Å². The number of esters is 1. The summed E-state index contributed by atoms with van der Waals surface area (Å²) >= 11 is 0. The zero-order valence-corrected chi connectivity index (χ0v) is 8.42.